The first kappa shape index (κ1) is 23.7. The molecule has 4 N–H and O–H groups in total. The summed E-state index contributed by atoms with van der Waals surface area (Å²) in [6.45, 7) is 6.73. The second-order valence-electron chi connectivity index (χ2n) is 11.7. The van der Waals surface area contributed by atoms with E-state index in [-0.39, 0.29) is 35.3 Å². The molecule has 4 rings (SSSR count). The van der Waals surface area contributed by atoms with Crippen LogP contribution in [0.5, 0.6) is 0 Å². The summed E-state index contributed by atoms with van der Waals surface area (Å²) >= 11 is 0. The summed E-state index contributed by atoms with van der Waals surface area (Å²) in [6, 6.07) is 0. The number of carboxylic acid groups (broad SMARTS) is 1. The van der Waals surface area contributed by atoms with E-state index in [1.54, 1.807) is 0 Å². The molecule has 0 spiro atoms. The summed E-state index contributed by atoms with van der Waals surface area (Å²) in [5, 5.41) is 32.7. The molecular formula is C26H41NO5. The van der Waals surface area contributed by atoms with Gasteiger partial charge in [0.25, 0.3) is 0 Å². The van der Waals surface area contributed by atoms with Crippen molar-refractivity contribution in [3.63, 3.8) is 0 Å². The maximum atomic E-state index is 12.0. The number of carbonyl (C=O) groups excluding carboxylic acids is 1. The van der Waals surface area contributed by atoms with Crippen LogP contribution in [0.3, 0.4) is 0 Å². The van der Waals surface area contributed by atoms with Gasteiger partial charge in [0.1, 0.15) is 6.54 Å². The summed E-state index contributed by atoms with van der Waals surface area (Å²) in [5.41, 5.74) is 1.56. The first-order chi connectivity index (χ1) is 15.1. The number of amides is 1. The van der Waals surface area contributed by atoms with Crippen LogP contribution >= 0.6 is 0 Å². The van der Waals surface area contributed by atoms with Crippen molar-refractivity contribution in [2.75, 3.05) is 6.54 Å². The first-order valence-electron chi connectivity index (χ1n) is 12.6. The quantitative estimate of drug-likeness (QED) is 0.466. The van der Waals surface area contributed by atoms with Crippen LogP contribution in [0.1, 0.15) is 78.6 Å². The number of rotatable bonds is 6. The van der Waals surface area contributed by atoms with E-state index in [0.29, 0.717) is 36.5 Å². The van der Waals surface area contributed by atoms with Gasteiger partial charge in [0.05, 0.1) is 12.2 Å². The molecule has 3 saturated carbocycles. The van der Waals surface area contributed by atoms with Crippen LogP contribution in [0, 0.1) is 40.4 Å². The van der Waals surface area contributed by atoms with Crippen LogP contribution in [0.4, 0.5) is 0 Å². The fourth-order valence-corrected chi connectivity index (χ4v) is 8.43. The lowest BCUT2D eigenvalue weighted by molar-refractivity contribution is -0.138. The topological polar surface area (TPSA) is 107 Å². The lowest BCUT2D eigenvalue weighted by atomic mass is 9.46. The van der Waals surface area contributed by atoms with E-state index in [1.807, 2.05) is 0 Å². The number of fused-ring (bicyclic) bond motifs is 5. The normalized spacial score (nSPS) is 44.0. The molecule has 6 nitrogen and oxygen atoms in total. The van der Waals surface area contributed by atoms with Gasteiger partial charge in [0, 0.05) is 6.42 Å². The van der Waals surface area contributed by atoms with Crippen molar-refractivity contribution >= 4 is 11.9 Å². The number of aliphatic carboxylic acids is 1. The molecule has 6 heteroatoms. The Balaban J connectivity index is 1.46. The minimum atomic E-state index is -1.02. The van der Waals surface area contributed by atoms with Crippen molar-refractivity contribution in [3.05, 3.63) is 11.6 Å². The second-order valence-corrected chi connectivity index (χ2v) is 11.7. The first-order valence-corrected chi connectivity index (χ1v) is 12.6. The van der Waals surface area contributed by atoms with E-state index in [1.165, 1.54) is 5.57 Å². The Kier molecular flexibility index (Phi) is 6.49. The maximum absolute atomic E-state index is 12.0. The highest BCUT2D eigenvalue weighted by atomic mass is 16.4. The largest absolute Gasteiger partial charge is 0.480 e. The summed E-state index contributed by atoms with van der Waals surface area (Å²) < 4.78 is 0. The molecule has 0 aromatic heterocycles. The van der Waals surface area contributed by atoms with Gasteiger partial charge in [0.2, 0.25) is 5.91 Å². The summed E-state index contributed by atoms with van der Waals surface area (Å²) in [6.07, 6.45) is 9.70. The number of carboxylic acids is 1. The van der Waals surface area contributed by atoms with E-state index < -0.39 is 12.1 Å². The molecule has 0 saturated heterocycles. The van der Waals surface area contributed by atoms with Gasteiger partial charge in [-0.25, -0.2) is 0 Å². The number of hydrogen-bond donors (Lipinski definition) is 4. The Labute approximate surface area is 191 Å². The Bertz CT molecular complexity index is 780. The number of carbonyl (C=O) groups is 2. The van der Waals surface area contributed by atoms with Crippen LogP contribution in [-0.4, -0.2) is 45.9 Å². The zero-order valence-corrected chi connectivity index (χ0v) is 19.8. The molecule has 0 bridgehead atoms. The molecule has 9 atom stereocenters. The van der Waals surface area contributed by atoms with Crippen LogP contribution in [0.2, 0.25) is 0 Å². The smallest absolute Gasteiger partial charge is 0.322 e. The number of aliphatic hydroxyl groups is 2. The van der Waals surface area contributed by atoms with Gasteiger partial charge < -0.3 is 20.6 Å². The van der Waals surface area contributed by atoms with Crippen LogP contribution < -0.4 is 5.32 Å². The average Bonchev–Trinajstić information content (AvgIpc) is 3.09. The molecule has 32 heavy (non-hydrogen) atoms. The van der Waals surface area contributed by atoms with E-state index >= 15 is 0 Å². The summed E-state index contributed by atoms with van der Waals surface area (Å²) in [7, 11) is 0. The molecule has 0 aromatic rings. The van der Waals surface area contributed by atoms with E-state index in [4.69, 9.17) is 5.11 Å². The highest BCUT2D eigenvalue weighted by molar-refractivity contribution is 5.81. The minimum Gasteiger partial charge on any atom is -0.480 e. The Morgan fingerprint density at radius 1 is 1.12 bits per heavy atom. The highest BCUT2D eigenvalue weighted by Crippen LogP contribution is 2.67. The monoisotopic (exact) mass is 447 g/mol. The molecule has 4 aliphatic rings. The van der Waals surface area contributed by atoms with Crippen molar-refractivity contribution in [1.82, 2.24) is 5.32 Å². The summed E-state index contributed by atoms with van der Waals surface area (Å²) in [4.78, 5) is 22.7. The molecule has 0 unspecified atom stereocenters. The van der Waals surface area contributed by atoms with E-state index in [2.05, 4.69) is 32.2 Å². The third kappa shape index (κ3) is 4.02. The zero-order valence-electron chi connectivity index (χ0n) is 19.8. The standard InChI is InChI=1S/C26H41NO5/c1-15(4-7-22(30)27-14-23(31)32)18-5-6-19-24-20(9-11-26(18,19)3)25(2)10-8-17(28)12-16(25)13-21(24)29/h13,15,17-21,24,28-29H,4-12,14H2,1-3H3,(H,27,30)(H,31,32)/t15-,17+,18-,19+,20+,21+,24+,25+,26-/m1/s1. The molecule has 180 valence electrons. The SMILES string of the molecule is C[C@H](CCC(=O)NCC(=O)O)[C@H]1CC[C@H]2[C@@H]3[C@@H](O)C=C4C[C@@H](O)CC[C@]4(C)[C@H]3CC[C@]12C. The molecular weight excluding hydrogens is 406 g/mol. The number of nitrogens with one attached hydrogen (secondary N) is 1. The van der Waals surface area contributed by atoms with Gasteiger partial charge >= 0.3 is 5.97 Å². The van der Waals surface area contributed by atoms with Gasteiger partial charge in [-0.3, -0.25) is 9.59 Å². The average molecular weight is 448 g/mol. The third-order valence-electron chi connectivity index (χ3n) is 10.1. The zero-order chi connectivity index (χ0) is 23.3. The highest BCUT2D eigenvalue weighted by Gasteiger charge is 2.61. The molecule has 1 amide bonds. The van der Waals surface area contributed by atoms with Crippen molar-refractivity contribution < 1.29 is 24.9 Å². The Morgan fingerprint density at radius 3 is 2.59 bits per heavy atom. The van der Waals surface area contributed by atoms with Crippen molar-refractivity contribution in [3.8, 4) is 0 Å². The van der Waals surface area contributed by atoms with Gasteiger partial charge in [0.15, 0.2) is 0 Å². The number of hydrogen-bond acceptors (Lipinski definition) is 4. The molecule has 4 aliphatic carbocycles. The maximum Gasteiger partial charge on any atom is 0.322 e. The van der Waals surface area contributed by atoms with Gasteiger partial charge in [-0.05, 0) is 91.8 Å². The Morgan fingerprint density at radius 2 is 1.88 bits per heavy atom. The lowest BCUT2D eigenvalue weighted by Gasteiger charge is -2.59. The van der Waals surface area contributed by atoms with E-state index in [9.17, 15) is 19.8 Å². The van der Waals surface area contributed by atoms with Gasteiger partial charge in [-0.2, -0.15) is 0 Å². The molecule has 0 heterocycles. The van der Waals surface area contributed by atoms with Crippen LogP contribution in [0.25, 0.3) is 0 Å². The van der Waals surface area contributed by atoms with Crippen LogP contribution in [-0.2, 0) is 9.59 Å². The van der Waals surface area contributed by atoms with E-state index in [0.717, 1.165) is 44.9 Å². The fraction of sp³-hybridized carbons (Fsp3) is 0.846. The van der Waals surface area contributed by atoms with Crippen LogP contribution in [0.15, 0.2) is 11.6 Å². The molecule has 3 fully saturated rings. The van der Waals surface area contributed by atoms with Crippen molar-refractivity contribution in [1.29, 1.82) is 0 Å². The number of aliphatic hydroxyl groups excluding tert-OH is 2. The minimum absolute atomic E-state index is 0.108. The van der Waals surface area contributed by atoms with Gasteiger partial charge in [-0.1, -0.05) is 32.4 Å². The predicted octanol–water partition coefficient (Wildman–Crippen LogP) is 3.51. The molecule has 0 aromatic carbocycles. The summed E-state index contributed by atoms with van der Waals surface area (Å²) in [5.74, 6) is 0.983. The predicted molar refractivity (Wildman–Crippen MR) is 122 cm³/mol. The van der Waals surface area contributed by atoms with Gasteiger partial charge in [-0.15, -0.1) is 0 Å². The Hall–Kier alpha value is -1.40. The van der Waals surface area contributed by atoms with Crippen molar-refractivity contribution in [2.45, 2.75) is 90.8 Å². The fourth-order valence-electron chi connectivity index (χ4n) is 8.43. The lowest BCUT2D eigenvalue weighted by Crippen LogP contribution is -2.55. The second kappa shape index (κ2) is 8.75. The third-order valence-corrected chi connectivity index (χ3v) is 10.1. The molecule has 0 aliphatic heterocycles. The molecule has 0 radical (unpaired) electrons. The van der Waals surface area contributed by atoms with Crippen molar-refractivity contribution in [2.24, 2.45) is 40.4 Å².